The van der Waals surface area contributed by atoms with E-state index in [1.807, 2.05) is 24.3 Å². The smallest absolute Gasteiger partial charge is 0.434 e. The number of hydrogen-bond acceptors (Lipinski definition) is 8. The molecule has 4 aromatic rings. The lowest BCUT2D eigenvalue weighted by molar-refractivity contribution is -0.143. The first-order valence-electron chi connectivity index (χ1n) is 11.0. The van der Waals surface area contributed by atoms with Crippen molar-refractivity contribution < 1.29 is 17.9 Å². The molecule has 0 bridgehead atoms. The van der Waals surface area contributed by atoms with Gasteiger partial charge >= 0.3 is 6.18 Å². The van der Waals surface area contributed by atoms with Crippen molar-refractivity contribution in [3.63, 3.8) is 0 Å². The first-order valence-corrected chi connectivity index (χ1v) is 11.8. The van der Waals surface area contributed by atoms with E-state index in [0.717, 1.165) is 35.6 Å². The van der Waals surface area contributed by atoms with Crippen molar-refractivity contribution >= 4 is 23.4 Å². The molecule has 2 aliphatic heterocycles. The molecule has 35 heavy (non-hydrogen) atoms. The number of benzene rings is 1. The zero-order valence-electron chi connectivity index (χ0n) is 18.3. The van der Waals surface area contributed by atoms with Gasteiger partial charge in [-0.3, -0.25) is 4.40 Å². The summed E-state index contributed by atoms with van der Waals surface area (Å²) < 4.78 is 48.3. The molecule has 180 valence electrons. The summed E-state index contributed by atoms with van der Waals surface area (Å²) in [6.07, 6.45) is 3.80. The van der Waals surface area contributed by atoms with Gasteiger partial charge < -0.3 is 15.4 Å². The molecule has 1 fully saturated rings. The first-order chi connectivity index (χ1) is 16.9. The van der Waals surface area contributed by atoms with Gasteiger partial charge in [0.25, 0.3) is 0 Å². The maximum Gasteiger partial charge on any atom is 0.434 e. The number of alkyl halides is 3. The largest absolute Gasteiger partial charge is 0.485 e. The Kier molecular flexibility index (Phi) is 5.11. The molecule has 3 aromatic heterocycles. The van der Waals surface area contributed by atoms with Gasteiger partial charge in [0.05, 0.1) is 15.8 Å². The minimum Gasteiger partial charge on any atom is -0.485 e. The van der Waals surface area contributed by atoms with Crippen molar-refractivity contribution in [1.29, 1.82) is 0 Å². The number of anilines is 1. The minimum absolute atomic E-state index is 0.105. The molecule has 12 heteroatoms. The molecular weight excluding hydrogens is 479 g/mol. The number of para-hydroxylation sites is 1. The van der Waals surface area contributed by atoms with Crippen LogP contribution in [-0.4, -0.2) is 43.0 Å². The highest BCUT2D eigenvalue weighted by molar-refractivity contribution is 7.99. The molecule has 1 atom stereocenters. The second-order valence-corrected chi connectivity index (χ2v) is 9.63. The van der Waals surface area contributed by atoms with E-state index < -0.39 is 17.5 Å². The monoisotopic (exact) mass is 499 g/mol. The molecule has 0 aliphatic carbocycles. The molecule has 1 aromatic carbocycles. The number of piperidine rings is 1. The quantitative estimate of drug-likeness (QED) is 0.450. The first kappa shape index (κ1) is 22.1. The summed E-state index contributed by atoms with van der Waals surface area (Å²) in [4.78, 5) is 18.7. The fourth-order valence-electron chi connectivity index (χ4n) is 4.81. The Morgan fingerprint density at radius 1 is 1.06 bits per heavy atom. The third kappa shape index (κ3) is 3.67. The SMILES string of the molecule is N[C@@H]1c2ccccc2OC12CCN(c1ncc(Sc3cncnc3C(F)(F)F)c3nccn13)CC2. The molecule has 0 unspecified atom stereocenters. The number of halogens is 3. The number of hydrogen-bond donors (Lipinski definition) is 1. The van der Waals surface area contributed by atoms with Crippen molar-refractivity contribution in [3.05, 3.63) is 66.6 Å². The number of nitrogens with zero attached hydrogens (tertiary/aromatic N) is 6. The predicted octanol–water partition coefficient (Wildman–Crippen LogP) is 4.12. The predicted molar refractivity (Wildman–Crippen MR) is 122 cm³/mol. The Labute approximate surface area is 202 Å². The zero-order chi connectivity index (χ0) is 24.2. The molecule has 5 heterocycles. The van der Waals surface area contributed by atoms with Crippen molar-refractivity contribution in [1.82, 2.24) is 24.3 Å². The van der Waals surface area contributed by atoms with Crippen LogP contribution in [0, 0.1) is 0 Å². The summed E-state index contributed by atoms with van der Waals surface area (Å²) in [6.45, 7) is 1.33. The molecule has 8 nitrogen and oxygen atoms in total. The van der Waals surface area contributed by atoms with Gasteiger partial charge in [0.1, 0.15) is 17.7 Å². The van der Waals surface area contributed by atoms with Crippen molar-refractivity contribution in [2.75, 3.05) is 18.0 Å². The van der Waals surface area contributed by atoms with Gasteiger partial charge in [0.15, 0.2) is 11.3 Å². The van der Waals surface area contributed by atoms with Crippen LogP contribution in [0.2, 0.25) is 0 Å². The molecule has 0 amide bonds. The molecule has 6 rings (SSSR count). The number of nitrogens with two attached hydrogens (primary N) is 1. The average Bonchev–Trinajstić information content (AvgIpc) is 3.44. The third-order valence-corrected chi connectivity index (χ3v) is 7.59. The van der Waals surface area contributed by atoms with Crippen molar-refractivity contribution in [2.45, 2.75) is 40.5 Å². The second-order valence-electron chi connectivity index (χ2n) is 8.55. The third-order valence-electron chi connectivity index (χ3n) is 6.57. The summed E-state index contributed by atoms with van der Waals surface area (Å²) in [6, 6.07) is 7.67. The van der Waals surface area contributed by atoms with Gasteiger partial charge in [0.2, 0.25) is 5.95 Å². The van der Waals surface area contributed by atoms with E-state index in [9.17, 15) is 13.2 Å². The van der Waals surface area contributed by atoms with E-state index in [2.05, 4.69) is 24.8 Å². The molecule has 1 spiro atoms. The molecule has 2 aliphatic rings. The summed E-state index contributed by atoms with van der Waals surface area (Å²) in [5, 5.41) is 0. The number of ether oxygens (including phenoxy) is 1. The number of fused-ring (bicyclic) bond motifs is 2. The standard InChI is InChI=1S/C23H20F3N7OS/c24-23(25,26)19-16(11-28-13-31-19)35-17-12-30-21(33-10-7-29-20(17)33)32-8-5-22(6-9-32)18(27)14-3-1-2-4-15(14)34-22/h1-4,7,10-13,18H,5-6,8-9,27H2/t18-/m1/s1. The van der Waals surface area contributed by atoms with Crippen LogP contribution in [0.3, 0.4) is 0 Å². The van der Waals surface area contributed by atoms with E-state index in [0.29, 0.717) is 42.4 Å². The molecule has 0 radical (unpaired) electrons. The van der Waals surface area contributed by atoms with Crippen LogP contribution in [-0.2, 0) is 6.18 Å². The van der Waals surface area contributed by atoms with Gasteiger partial charge in [-0.15, -0.1) is 0 Å². The minimum atomic E-state index is -4.59. The van der Waals surface area contributed by atoms with Crippen molar-refractivity contribution in [2.24, 2.45) is 5.73 Å². The van der Waals surface area contributed by atoms with E-state index in [1.54, 1.807) is 23.0 Å². The van der Waals surface area contributed by atoms with E-state index in [1.165, 1.54) is 0 Å². The van der Waals surface area contributed by atoms with Crippen LogP contribution in [0.5, 0.6) is 5.75 Å². The summed E-state index contributed by atoms with van der Waals surface area (Å²) in [5.41, 5.74) is 6.69. The van der Waals surface area contributed by atoms with E-state index in [-0.39, 0.29) is 10.9 Å². The van der Waals surface area contributed by atoms with Crippen LogP contribution < -0.4 is 15.4 Å². The summed E-state index contributed by atoms with van der Waals surface area (Å²) in [5.74, 6) is 1.51. The van der Waals surface area contributed by atoms with E-state index in [4.69, 9.17) is 10.5 Å². The van der Waals surface area contributed by atoms with Crippen LogP contribution >= 0.6 is 11.8 Å². The lowest BCUT2D eigenvalue weighted by Crippen LogP contribution is -2.52. The Hall–Kier alpha value is -3.38. The van der Waals surface area contributed by atoms with Crippen LogP contribution in [0.25, 0.3) is 5.65 Å². The Bertz CT molecular complexity index is 1400. The topological polar surface area (TPSA) is 94.5 Å². The van der Waals surface area contributed by atoms with Gasteiger partial charge in [-0.2, -0.15) is 13.2 Å². The van der Waals surface area contributed by atoms with Crippen LogP contribution in [0.1, 0.15) is 30.1 Å². The normalized spacial score (nSPS) is 19.2. The van der Waals surface area contributed by atoms with Gasteiger partial charge in [-0.1, -0.05) is 30.0 Å². The van der Waals surface area contributed by atoms with Crippen LogP contribution in [0.4, 0.5) is 19.1 Å². The van der Waals surface area contributed by atoms with Crippen LogP contribution in [0.15, 0.2) is 65.2 Å². The molecule has 2 N–H and O–H groups in total. The highest BCUT2D eigenvalue weighted by Gasteiger charge is 2.48. The average molecular weight is 500 g/mol. The molecule has 0 saturated carbocycles. The molecular formula is C23H20F3N7OS. The summed E-state index contributed by atoms with van der Waals surface area (Å²) in [7, 11) is 0. The van der Waals surface area contributed by atoms with Gasteiger partial charge in [-0.25, -0.2) is 19.9 Å². The maximum absolute atomic E-state index is 13.4. The number of rotatable bonds is 3. The highest BCUT2D eigenvalue weighted by Crippen LogP contribution is 2.47. The number of imidazole rings is 1. The van der Waals surface area contributed by atoms with Gasteiger partial charge in [0, 0.05) is 56.3 Å². The highest BCUT2D eigenvalue weighted by atomic mass is 32.2. The van der Waals surface area contributed by atoms with Gasteiger partial charge in [-0.05, 0) is 6.07 Å². The summed E-state index contributed by atoms with van der Waals surface area (Å²) >= 11 is 0.893. The van der Waals surface area contributed by atoms with E-state index >= 15 is 0 Å². The number of aromatic nitrogens is 5. The molecule has 1 saturated heterocycles. The maximum atomic E-state index is 13.4. The van der Waals surface area contributed by atoms with Crippen molar-refractivity contribution in [3.8, 4) is 5.75 Å². The zero-order valence-corrected chi connectivity index (χ0v) is 19.1. The lowest BCUT2D eigenvalue weighted by atomic mass is 9.83. The Morgan fingerprint density at radius 2 is 1.86 bits per heavy atom. The second kappa shape index (κ2) is 8.09. The Balaban J connectivity index is 1.26. The fourth-order valence-corrected chi connectivity index (χ4v) is 5.77. The Morgan fingerprint density at radius 3 is 2.63 bits per heavy atom. The lowest BCUT2D eigenvalue weighted by Gasteiger charge is -2.41. The fraction of sp³-hybridized carbons (Fsp3) is 0.304.